The molecule has 0 bridgehead atoms. The van der Waals surface area contributed by atoms with E-state index in [1.165, 1.54) is 0 Å². The summed E-state index contributed by atoms with van der Waals surface area (Å²) in [6, 6.07) is 1.52. The summed E-state index contributed by atoms with van der Waals surface area (Å²) in [6.45, 7) is 14.2. The van der Waals surface area contributed by atoms with Crippen LogP contribution >= 0.6 is 0 Å². The molecular formula is C18H43NO5Si2. The summed E-state index contributed by atoms with van der Waals surface area (Å²) < 4.78 is 32.7. The van der Waals surface area contributed by atoms with Crippen LogP contribution in [-0.2, 0) is 22.1 Å². The molecule has 0 aliphatic rings. The minimum Gasteiger partial charge on any atom is -0.386 e. The van der Waals surface area contributed by atoms with Crippen LogP contribution in [0, 0.1) is 0 Å². The molecule has 0 atom stereocenters. The molecule has 0 heterocycles. The summed E-state index contributed by atoms with van der Waals surface area (Å²) in [4.78, 5) is 0. The van der Waals surface area contributed by atoms with Crippen molar-refractivity contribution in [3.63, 3.8) is 0 Å². The predicted octanol–water partition coefficient (Wildman–Crippen LogP) is 4.17. The Morgan fingerprint density at radius 1 is 0.654 bits per heavy atom. The average molecular weight is 410 g/mol. The lowest BCUT2D eigenvalue weighted by Gasteiger charge is -2.39. The van der Waals surface area contributed by atoms with Crippen molar-refractivity contribution in [2.45, 2.75) is 72.4 Å². The second-order valence-corrected chi connectivity index (χ2v) is 12.4. The molecule has 0 aliphatic carbocycles. The first-order valence-electron chi connectivity index (χ1n) is 10.3. The molecule has 0 radical (unpaired) electrons. The van der Waals surface area contributed by atoms with Crippen molar-refractivity contribution in [1.29, 1.82) is 0 Å². The quantitative estimate of drug-likeness (QED) is 0.317. The lowest BCUT2D eigenvalue weighted by atomic mass is 10.3. The van der Waals surface area contributed by atoms with Crippen LogP contribution < -0.4 is 0 Å². The van der Waals surface area contributed by atoms with E-state index < -0.39 is 17.5 Å². The number of unbranched alkanes of at least 4 members (excludes halogenated alkanes) is 2. The highest BCUT2D eigenvalue weighted by molar-refractivity contribution is 6.68. The lowest BCUT2D eigenvalue weighted by molar-refractivity contribution is 0.0704. The van der Waals surface area contributed by atoms with Crippen LogP contribution in [0.15, 0.2) is 0 Å². The Bertz CT molecular complexity index is 308. The molecule has 8 heteroatoms. The van der Waals surface area contributed by atoms with Crippen molar-refractivity contribution in [3.8, 4) is 0 Å². The van der Waals surface area contributed by atoms with E-state index in [1.807, 2.05) is 20.8 Å². The van der Waals surface area contributed by atoms with E-state index in [-0.39, 0.29) is 0 Å². The molecule has 0 saturated heterocycles. The highest BCUT2D eigenvalue weighted by Crippen LogP contribution is 2.27. The zero-order valence-electron chi connectivity index (χ0n) is 18.3. The van der Waals surface area contributed by atoms with Gasteiger partial charge in [0.1, 0.15) is 0 Å². The third-order valence-corrected chi connectivity index (χ3v) is 11.6. The molecule has 0 aromatic heterocycles. The summed E-state index contributed by atoms with van der Waals surface area (Å²) in [5.74, 6) is 0. The number of hydrogen-bond donors (Lipinski definition) is 0. The number of rotatable bonds is 18. The highest BCUT2D eigenvalue weighted by Gasteiger charge is 2.49. The third-order valence-electron chi connectivity index (χ3n) is 4.52. The van der Waals surface area contributed by atoms with E-state index >= 15 is 0 Å². The van der Waals surface area contributed by atoms with Gasteiger partial charge in [-0.3, -0.25) is 4.57 Å². The van der Waals surface area contributed by atoms with Gasteiger partial charge in [-0.25, -0.2) is 0 Å². The second kappa shape index (κ2) is 15.2. The maximum Gasteiger partial charge on any atom is 0.500 e. The summed E-state index contributed by atoms with van der Waals surface area (Å²) in [5, 5.41) is 0. The lowest BCUT2D eigenvalue weighted by Crippen LogP contribution is -2.59. The third kappa shape index (κ3) is 8.47. The van der Waals surface area contributed by atoms with E-state index in [4.69, 9.17) is 22.1 Å². The largest absolute Gasteiger partial charge is 0.500 e. The first-order chi connectivity index (χ1) is 12.5. The molecule has 0 saturated carbocycles. The minimum atomic E-state index is -2.70. The van der Waals surface area contributed by atoms with Crippen LogP contribution in [0.5, 0.6) is 0 Å². The van der Waals surface area contributed by atoms with Gasteiger partial charge in [-0.05, 0) is 46.7 Å². The van der Waals surface area contributed by atoms with E-state index in [9.17, 15) is 0 Å². The molecule has 0 rings (SSSR count). The van der Waals surface area contributed by atoms with Crippen LogP contribution in [0.2, 0.25) is 12.1 Å². The summed E-state index contributed by atoms with van der Waals surface area (Å²) >= 11 is 0. The van der Waals surface area contributed by atoms with Crippen LogP contribution in [-0.4, -0.2) is 69.2 Å². The Balaban J connectivity index is 5.37. The fraction of sp³-hybridized carbons (Fsp3) is 1.00. The molecule has 158 valence electrons. The molecule has 0 spiro atoms. The fourth-order valence-electron chi connectivity index (χ4n) is 3.17. The maximum absolute atomic E-state index is 6.07. The van der Waals surface area contributed by atoms with E-state index in [0.29, 0.717) is 19.8 Å². The number of hydrogen-bond acceptors (Lipinski definition) is 6. The molecule has 0 unspecified atom stereocenters. The van der Waals surface area contributed by atoms with Gasteiger partial charge in [0.05, 0.1) is 0 Å². The molecule has 0 aromatic carbocycles. The normalized spacial score (nSPS) is 12.9. The molecule has 0 N–H and O–H groups in total. The second-order valence-electron chi connectivity index (χ2n) is 6.30. The monoisotopic (exact) mass is 409 g/mol. The first kappa shape index (κ1) is 26.2. The fourth-order valence-corrected chi connectivity index (χ4v) is 10.1. The standard InChI is InChI=1S/C18H43NO5Si2/c1-8-13-15-19(16-14-9-2)25(20-6,21-7)17-18-26(22-10-3,23-11-4)24-12-5/h8-18H2,1-7H3. The topological polar surface area (TPSA) is 49.4 Å². The van der Waals surface area contributed by atoms with Crippen molar-refractivity contribution in [1.82, 2.24) is 4.57 Å². The minimum absolute atomic E-state index is 0.593. The zero-order chi connectivity index (χ0) is 19.9. The Kier molecular flexibility index (Phi) is 15.3. The van der Waals surface area contributed by atoms with E-state index in [0.717, 1.165) is 50.9 Å². The van der Waals surface area contributed by atoms with Gasteiger partial charge >= 0.3 is 17.5 Å². The number of nitrogens with zero attached hydrogens (tertiary/aromatic N) is 1. The van der Waals surface area contributed by atoms with Crippen molar-refractivity contribution < 1.29 is 22.1 Å². The van der Waals surface area contributed by atoms with Gasteiger partial charge in [-0.1, -0.05) is 26.7 Å². The summed E-state index contributed by atoms with van der Waals surface area (Å²) in [7, 11) is -1.65. The van der Waals surface area contributed by atoms with Gasteiger partial charge in [-0.15, -0.1) is 0 Å². The van der Waals surface area contributed by atoms with Crippen LogP contribution in [0.1, 0.15) is 60.3 Å². The highest BCUT2D eigenvalue weighted by atomic mass is 28.4. The van der Waals surface area contributed by atoms with Crippen molar-refractivity contribution in [2.24, 2.45) is 0 Å². The zero-order valence-corrected chi connectivity index (χ0v) is 20.3. The first-order valence-corrected chi connectivity index (χ1v) is 14.2. The summed E-state index contributed by atoms with van der Waals surface area (Å²) in [6.07, 6.45) is 4.62. The van der Waals surface area contributed by atoms with Gasteiger partial charge < -0.3 is 22.1 Å². The Morgan fingerprint density at radius 2 is 1.08 bits per heavy atom. The Morgan fingerprint density at radius 3 is 1.38 bits per heavy atom. The molecule has 0 fully saturated rings. The van der Waals surface area contributed by atoms with Crippen LogP contribution in [0.4, 0.5) is 0 Å². The van der Waals surface area contributed by atoms with Crippen LogP contribution in [0.3, 0.4) is 0 Å². The van der Waals surface area contributed by atoms with Crippen molar-refractivity contribution in [3.05, 3.63) is 0 Å². The van der Waals surface area contributed by atoms with Gasteiger partial charge in [0.2, 0.25) is 0 Å². The molecule has 0 aliphatic heterocycles. The van der Waals surface area contributed by atoms with Gasteiger partial charge in [0, 0.05) is 46.1 Å². The maximum atomic E-state index is 6.07. The molecule has 6 nitrogen and oxygen atoms in total. The average Bonchev–Trinajstić information content (AvgIpc) is 2.64. The van der Waals surface area contributed by atoms with Gasteiger partial charge in [0.25, 0.3) is 0 Å². The van der Waals surface area contributed by atoms with Crippen molar-refractivity contribution >= 4 is 17.5 Å². The molecule has 0 amide bonds. The molecule has 0 aromatic rings. The van der Waals surface area contributed by atoms with Crippen LogP contribution in [0.25, 0.3) is 0 Å². The van der Waals surface area contributed by atoms with E-state index in [1.54, 1.807) is 14.2 Å². The molecular weight excluding hydrogens is 366 g/mol. The van der Waals surface area contributed by atoms with E-state index in [2.05, 4.69) is 18.4 Å². The van der Waals surface area contributed by atoms with Gasteiger partial charge in [-0.2, -0.15) is 0 Å². The molecule has 26 heavy (non-hydrogen) atoms. The smallest absolute Gasteiger partial charge is 0.386 e. The Labute approximate surface area is 164 Å². The predicted molar refractivity (Wildman–Crippen MR) is 111 cm³/mol. The Hall–Kier alpha value is 0.194. The van der Waals surface area contributed by atoms with Crippen molar-refractivity contribution in [2.75, 3.05) is 47.1 Å². The SMILES string of the molecule is CCCCN(CCCC)[Si](CC[Si](OCC)(OCC)OCC)(OC)OC. The van der Waals surface area contributed by atoms with Gasteiger partial charge in [0.15, 0.2) is 0 Å². The summed E-state index contributed by atoms with van der Waals surface area (Å²) in [5.41, 5.74) is 0.